The van der Waals surface area contributed by atoms with Gasteiger partial charge in [-0.3, -0.25) is 9.36 Å². The zero-order chi connectivity index (χ0) is 18.9. The number of piperidine rings is 2. The zero-order valence-electron chi connectivity index (χ0n) is 16.3. The van der Waals surface area contributed by atoms with Crippen LogP contribution in [0.2, 0.25) is 0 Å². The lowest BCUT2D eigenvalue weighted by atomic mass is 9.78. The number of hydrogen-bond acceptors (Lipinski definition) is 4. The number of halogens is 1. The van der Waals surface area contributed by atoms with Crippen molar-refractivity contribution in [3.05, 3.63) is 34.7 Å². The molecular formula is C20H29ClN4O3. The Labute approximate surface area is 170 Å². The van der Waals surface area contributed by atoms with Crippen molar-refractivity contribution < 1.29 is 9.53 Å². The Morgan fingerprint density at radius 2 is 1.89 bits per heavy atom. The molecule has 2 aromatic rings. The Morgan fingerprint density at radius 1 is 1.21 bits per heavy atom. The number of amides is 1. The van der Waals surface area contributed by atoms with Crippen LogP contribution in [0.1, 0.15) is 31.7 Å². The van der Waals surface area contributed by atoms with Crippen LogP contribution in [0.5, 0.6) is 0 Å². The number of carbonyl (C=O) groups excluding carboxylic acids is 1. The number of H-pyrrole nitrogens is 1. The van der Waals surface area contributed by atoms with Gasteiger partial charge in [-0.1, -0.05) is 12.1 Å². The predicted molar refractivity (Wildman–Crippen MR) is 111 cm³/mol. The summed E-state index contributed by atoms with van der Waals surface area (Å²) in [7, 11) is 1.67. The Balaban J connectivity index is 0.00000225. The third kappa shape index (κ3) is 3.71. The first-order valence-corrected chi connectivity index (χ1v) is 9.83. The molecule has 2 N–H and O–H groups in total. The molecule has 8 heteroatoms. The highest BCUT2D eigenvalue weighted by atomic mass is 35.5. The number of methoxy groups -OCH3 is 1. The summed E-state index contributed by atoms with van der Waals surface area (Å²) < 4.78 is 7.28. The summed E-state index contributed by atoms with van der Waals surface area (Å²) in [5.41, 5.74) is 1.36. The van der Waals surface area contributed by atoms with Crippen LogP contribution in [0.25, 0.3) is 11.0 Å². The molecule has 0 radical (unpaired) electrons. The van der Waals surface area contributed by atoms with E-state index in [0.717, 1.165) is 49.8 Å². The second-order valence-corrected chi connectivity index (χ2v) is 7.80. The van der Waals surface area contributed by atoms with Crippen molar-refractivity contribution in [3.8, 4) is 0 Å². The molecule has 7 nitrogen and oxygen atoms in total. The molecular weight excluding hydrogens is 380 g/mol. The number of hydrogen-bond donors (Lipinski definition) is 2. The molecule has 2 saturated heterocycles. The van der Waals surface area contributed by atoms with E-state index in [1.807, 2.05) is 33.7 Å². The Kier molecular flexibility index (Phi) is 6.47. The van der Waals surface area contributed by atoms with Crippen LogP contribution in [-0.2, 0) is 9.53 Å². The lowest BCUT2D eigenvalue weighted by Crippen LogP contribution is -2.53. The molecule has 0 unspecified atom stereocenters. The Morgan fingerprint density at radius 3 is 2.57 bits per heavy atom. The van der Waals surface area contributed by atoms with Gasteiger partial charge in [0.25, 0.3) is 0 Å². The molecule has 2 aliphatic heterocycles. The van der Waals surface area contributed by atoms with E-state index < -0.39 is 5.41 Å². The summed E-state index contributed by atoms with van der Waals surface area (Å²) in [5, 5.41) is 3.34. The van der Waals surface area contributed by atoms with Crippen molar-refractivity contribution in [3.63, 3.8) is 0 Å². The summed E-state index contributed by atoms with van der Waals surface area (Å²) >= 11 is 0. The number of fused-ring (bicyclic) bond motifs is 1. The summed E-state index contributed by atoms with van der Waals surface area (Å²) in [4.78, 5) is 30.6. The second kappa shape index (κ2) is 8.68. The molecule has 1 aromatic heterocycles. The first-order valence-electron chi connectivity index (χ1n) is 9.83. The lowest BCUT2D eigenvalue weighted by Gasteiger charge is -2.42. The van der Waals surface area contributed by atoms with Gasteiger partial charge in [0.2, 0.25) is 5.91 Å². The van der Waals surface area contributed by atoms with Gasteiger partial charge in [0.05, 0.1) is 23.1 Å². The number of aromatic nitrogens is 2. The van der Waals surface area contributed by atoms with Gasteiger partial charge < -0.3 is 19.9 Å². The third-order valence-electron chi connectivity index (χ3n) is 6.18. The van der Waals surface area contributed by atoms with E-state index in [0.29, 0.717) is 19.7 Å². The van der Waals surface area contributed by atoms with Gasteiger partial charge in [-0.2, -0.15) is 0 Å². The molecule has 0 atom stereocenters. The molecule has 3 heterocycles. The minimum Gasteiger partial charge on any atom is -0.384 e. The van der Waals surface area contributed by atoms with E-state index in [1.165, 1.54) is 0 Å². The maximum absolute atomic E-state index is 13.3. The summed E-state index contributed by atoms with van der Waals surface area (Å²) in [6.07, 6.45) is 3.24. The maximum Gasteiger partial charge on any atom is 0.326 e. The van der Waals surface area contributed by atoms with E-state index in [4.69, 9.17) is 4.74 Å². The minimum absolute atomic E-state index is 0. The van der Waals surface area contributed by atoms with Crippen molar-refractivity contribution in [1.29, 1.82) is 0 Å². The van der Waals surface area contributed by atoms with Gasteiger partial charge in [-0.15, -0.1) is 12.4 Å². The molecule has 1 amide bonds. The summed E-state index contributed by atoms with van der Waals surface area (Å²) in [6, 6.07) is 7.92. The zero-order valence-corrected chi connectivity index (χ0v) is 17.1. The predicted octanol–water partition coefficient (Wildman–Crippen LogP) is 1.93. The Hall–Kier alpha value is -1.83. The molecule has 0 saturated carbocycles. The number of benzene rings is 1. The van der Waals surface area contributed by atoms with Crippen LogP contribution in [0.4, 0.5) is 0 Å². The Bertz CT molecular complexity index is 858. The SMILES string of the molecule is COCC1(C(=O)N2CCC(n3c(=O)[nH]c4ccccc43)CC2)CCNCC1.Cl. The van der Waals surface area contributed by atoms with E-state index >= 15 is 0 Å². The van der Waals surface area contributed by atoms with Gasteiger partial charge >= 0.3 is 5.69 Å². The molecule has 0 bridgehead atoms. The van der Waals surface area contributed by atoms with Gasteiger partial charge in [0, 0.05) is 26.2 Å². The quantitative estimate of drug-likeness (QED) is 0.810. The average Bonchev–Trinajstić information content (AvgIpc) is 3.04. The molecule has 0 spiro atoms. The summed E-state index contributed by atoms with van der Waals surface area (Å²) in [6.45, 7) is 3.57. The second-order valence-electron chi connectivity index (χ2n) is 7.80. The average molecular weight is 409 g/mol. The van der Waals surface area contributed by atoms with Crippen molar-refractivity contribution in [2.24, 2.45) is 5.41 Å². The van der Waals surface area contributed by atoms with Crippen LogP contribution < -0.4 is 11.0 Å². The minimum atomic E-state index is -0.398. The molecule has 0 aliphatic carbocycles. The lowest BCUT2D eigenvalue weighted by molar-refractivity contribution is -0.149. The van der Waals surface area contributed by atoms with Gasteiger partial charge in [-0.25, -0.2) is 4.79 Å². The van der Waals surface area contributed by atoms with Crippen molar-refractivity contribution in [2.75, 3.05) is 39.9 Å². The highest BCUT2D eigenvalue weighted by molar-refractivity contribution is 5.85. The number of nitrogens with zero attached hydrogens (tertiary/aromatic N) is 2. The molecule has 28 heavy (non-hydrogen) atoms. The standard InChI is InChI=1S/C20H28N4O3.ClH/c1-27-14-20(8-10-21-11-9-20)18(25)23-12-6-15(7-13-23)24-17-5-3-2-4-16(17)22-19(24)26;/h2-5,15,21H,6-14H2,1H3,(H,22,26);1H. The largest absolute Gasteiger partial charge is 0.384 e. The number of nitrogens with one attached hydrogen (secondary N) is 2. The topological polar surface area (TPSA) is 79.4 Å². The third-order valence-corrected chi connectivity index (χ3v) is 6.18. The van der Waals surface area contributed by atoms with Crippen LogP contribution in [0.3, 0.4) is 0 Å². The highest BCUT2D eigenvalue weighted by Crippen LogP contribution is 2.34. The highest BCUT2D eigenvalue weighted by Gasteiger charge is 2.43. The number of carbonyl (C=O) groups is 1. The van der Waals surface area contributed by atoms with Gasteiger partial charge in [-0.05, 0) is 50.9 Å². The maximum atomic E-state index is 13.3. The van der Waals surface area contributed by atoms with Crippen LogP contribution in [0, 0.1) is 5.41 Å². The van der Waals surface area contributed by atoms with Crippen molar-refractivity contribution >= 4 is 29.3 Å². The van der Waals surface area contributed by atoms with Gasteiger partial charge in [0.1, 0.15) is 0 Å². The van der Waals surface area contributed by atoms with Crippen LogP contribution in [-0.4, -0.2) is 60.3 Å². The number of aromatic amines is 1. The molecule has 154 valence electrons. The van der Waals surface area contributed by atoms with Gasteiger partial charge in [0.15, 0.2) is 0 Å². The fourth-order valence-corrected chi connectivity index (χ4v) is 4.70. The normalized spacial score (nSPS) is 20.1. The van der Waals surface area contributed by atoms with E-state index in [2.05, 4.69) is 10.3 Å². The first-order chi connectivity index (χ1) is 13.1. The summed E-state index contributed by atoms with van der Waals surface area (Å²) in [5.74, 6) is 0.218. The van der Waals surface area contributed by atoms with Crippen molar-refractivity contribution in [2.45, 2.75) is 31.7 Å². The monoisotopic (exact) mass is 408 g/mol. The van der Waals surface area contributed by atoms with Crippen molar-refractivity contribution in [1.82, 2.24) is 19.8 Å². The smallest absolute Gasteiger partial charge is 0.326 e. The number of ether oxygens (including phenoxy) is 1. The van der Waals surface area contributed by atoms with Crippen LogP contribution in [0.15, 0.2) is 29.1 Å². The van der Waals surface area contributed by atoms with Crippen LogP contribution >= 0.6 is 12.4 Å². The molecule has 1 aromatic carbocycles. The number of imidazole rings is 1. The number of rotatable bonds is 4. The fraction of sp³-hybridized carbons (Fsp3) is 0.600. The fourth-order valence-electron chi connectivity index (χ4n) is 4.70. The van der Waals surface area contributed by atoms with E-state index in [9.17, 15) is 9.59 Å². The van der Waals surface area contributed by atoms with E-state index in [-0.39, 0.29) is 30.0 Å². The van der Waals surface area contributed by atoms with E-state index in [1.54, 1.807) is 7.11 Å². The first kappa shape index (κ1) is 20.9. The molecule has 2 aliphatic rings. The number of likely N-dealkylation sites (tertiary alicyclic amines) is 1. The molecule has 4 rings (SSSR count). The number of para-hydroxylation sites is 2. The molecule has 2 fully saturated rings.